The lowest BCUT2D eigenvalue weighted by molar-refractivity contribution is -0.139. The Balaban J connectivity index is 1.54. The lowest BCUT2D eigenvalue weighted by atomic mass is 10.1. The second-order valence-corrected chi connectivity index (χ2v) is 7.16. The number of hydrogen-bond donors (Lipinski definition) is 1. The number of carbonyl (C=O) groups excluding carboxylic acids is 1. The van der Waals surface area contributed by atoms with Crippen molar-refractivity contribution in [1.82, 2.24) is 14.5 Å². The van der Waals surface area contributed by atoms with E-state index in [1.807, 2.05) is 29.8 Å². The standard InChI is InChI=1S/C24H24N4O3/c1-4-16-5-7-17(8-6-16)26-24-27-21-15-19(9-10-22(21)28(24)2)31-20-11-12-25-18(13-20)14-23(29)30-3/h5-13,15H,4,14H2,1-3H3,(H,26,27). The summed E-state index contributed by atoms with van der Waals surface area (Å²) in [6.07, 6.45) is 2.72. The predicted octanol–water partition coefficient (Wildman–Crippen LogP) is 4.78. The number of esters is 1. The molecule has 158 valence electrons. The molecule has 0 saturated heterocycles. The van der Waals surface area contributed by atoms with E-state index in [-0.39, 0.29) is 12.4 Å². The summed E-state index contributed by atoms with van der Waals surface area (Å²) in [6, 6.07) is 17.6. The number of anilines is 2. The summed E-state index contributed by atoms with van der Waals surface area (Å²) in [4.78, 5) is 20.4. The molecule has 0 saturated carbocycles. The highest BCUT2D eigenvalue weighted by molar-refractivity contribution is 5.81. The van der Waals surface area contributed by atoms with Gasteiger partial charge in [0.2, 0.25) is 5.95 Å². The average molecular weight is 416 g/mol. The minimum atomic E-state index is -0.344. The second-order valence-electron chi connectivity index (χ2n) is 7.16. The number of nitrogens with one attached hydrogen (secondary N) is 1. The molecule has 0 aliphatic carbocycles. The minimum absolute atomic E-state index is 0.0985. The summed E-state index contributed by atoms with van der Waals surface area (Å²) in [5.74, 6) is 1.66. The third-order valence-corrected chi connectivity index (χ3v) is 5.05. The maximum absolute atomic E-state index is 11.5. The molecule has 31 heavy (non-hydrogen) atoms. The van der Waals surface area contributed by atoms with E-state index in [0.29, 0.717) is 17.2 Å². The van der Waals surface area contributed by atoms with Crippen LogP contribution in [0.3, 0.4) is 0 Å². The van der Waals surface area contributed by atoms with Gasteiger partial charge in [-0.15, -0.1) is 0 Å². The molecule has 2 heterocycles. The van der Waals surface area contributed by atoms with Crippen LogP contribution in [0, 0.1) is 0 Å². The zero-order valence-corrected chi connectivity index (χ0v) is 17.8. The molecule has 0 bridgehead atoms. The fourth-order valence-corrected chi connectivity index (χ4v) is 3.28. The van der Waals surface area contributed by atoms with Gasteiger partial charge in [0.05, 0.1) is 30.3 Å². The minimum Gasteiger partial charge on any atom is -0.469 e. The van der Waals surface area contributed by atoms with E-state index in [9.17, 15) is 4.79 Å². The van der Waals surface area contributed by atoms with Crippen molar-refractivity contribution in [2.45, 2.75) is 19.8 Å². The van der Waals surface area contributed by atoms with Crippen molar-refractivity contribution in [2.24, 2.45) is 7.05 Å². The maximum Gasteiger partial charge on any atom is 0.311 e. The molecule has 0 radical (unpaired) electrons. The third-order valence-electron chi connectivity index (χ3n) is 5.05. The van der Waals surface area contributed by atoms with Gasteiger partial charge in [0.1, 0.15) is 11.5 Å². The van der Waals surface area contributed by atoms with Crippen LogP contribution in [0.15, 0.2) is 60.8 Å². The van der Waals surface area contributed by atoms with E-state index in [4.69, 9.17) is 14.5 Å². The maximum atomic E-state index is 11.5. The number of aryl methyl sites for hydroxylation is 2. The molecule has 2 aromatic heterocycles. The largest absolute Gasteiger partial charge is 0.469 e. The van der Waals surface area contributed by atoms with E-state index in [1.54, 1.807) is 18.3 Å². The Hall–Kier alpha value is -3.87. The van der Waals surface area contributed by atoms with Gasteiger partial charge in [0.15, 0.2) is 0 Å². The molecular weight excluding hydrogens is 392 g/mol. The fourth-order valence-electron chi connectivity index (χ4n) is 3.28. The summed E-state index contributed by atoms with van der Waals surface area (Å²) in [5.41, 5.74) is 4.67. The van der Waals surface area contributed by atoms with E-state index in [1.165, 1.54) is 12.7 Å². The Morgan fingerprint density at radius 1 is 1.06 bits per heavy atom. The van der Waals surface area contributed by atoms with Crippen LogP contribution < -0.4 is 10.1 Å². The molecular formula is C24H24N4O3. The van der Waals surface area contributed by atoms with Crippen LogP contribution in [0.4, 0.5) is 11.6 Å². The number of carbonyl (C=O) groups is 1. The van der Waals surface area contributed by atoms with E-state index in [2.05, 4.69) is 41.5 Å². The van der Waals surface area contributed by atoms with Crippen molar-refractivity contribution in [3.8, 4) is 11.5 Å². The van der Waals surface area contributed by atoms with Gasteiger partial charge in [-0.25, -0.2) is 4.98 Å². The van der Waals surface area contributed by atoms with Crippen LogP contribution in [0.5, 0.6) is 11.5 Å². The van der Waals surface area contributed by atoms with Gasteiger partial charge in [-0.3, -0.25) is 9.78 Å². The molecule has 4 aromatic rings. The fraction of sp³-hybridized carbons (Fsp3) is 0.208. The molecule has 0 spiro atoms. The number of imidazole rings is 1. The van der Waals surface area contributed by atoms with Crippen molar-refractivity contribution in [2.75, 3.05) is 12.4 Å². The molecule has 1 N–H and O–H groups in total. The molecule has 7 heteroatoms. The number of benzene rings is 2. The van der Waals surface area contributed by atoms with Crippen molar-refractivity contribution in [3.63, 3.8) is 0 Å². The average Bonchev–Trinajstić information content (AvgIpc) is 3.09. The molecule has 4 rings (SSSR count). The van der Waals surface area contributed by atoms with Crippen molar-refractivity contribution in [1.29, 1.82) is 0 Å². The van der Waals surface area contributed by atoms with Gasteiger partial charge < -0.3 is 19.4 Å². The number of fused-ring (bicyclic) bond motifs is 1. The SMILES string of the molecule is CCc1ccc(Nc2nc3cc(Oc4ccnc(CC(=O)OC)c4)ccc3n2C)cc1. The topological polar surface area (TPSA) is 78.3 Å². The molecule has 0 amide bonds. The van der Waals surface area contributed by atoms with Crippen LogP contribution in [0.25, 0.3) is 11.0 Å². The number of pyridine rings is 1. The Labute approximate surface area is 180 Å². The van der Waals surface area contributed by atoms with Gasteiger partial charge in [-0.1, -0.05) is 19.1 Å². The van der Waals surface area contributed by atoms with Gasteiger partial charge in [0.25, 0.3) is 0 Å². The number of hydrogen-bond acceptors (Lipinski definition) is 6. The number of rotatable bonds is 7. The van der Waals surface area contributed by atoms with E-state index in [0.717, 1.165) is 29.1 Å². The second kappa shape index (κ2) is 8.87. The first-order valence-corrected chi connectivity index (χ1v) is 10.1. The van der Waals surface area contributed by atoms with Gasteiger partial charge in [0, 0.05) is 31.1 Å². The van der Waals surface area contributed by atoms with Crippen LogP contribution in [-0.2, 0) is 29.4 Å². The van der Waals surface area contributed by atoms with Crippen molar-refractivity contribution >= 4 is 28.6 Å². The van der Waals surface area contributed by atoms with Crippen LogP contribution in [-0.4, -0.2) is 27.6 Å². The zero-order valence-electron chi connectivity index (χ0n) is 17.8. The highest BCUT2D eigenvalue weighted by Crippen LogP contribution is 2.28. The van der Waals surface area contributed by atoms with Gasteiger partial charge in [-0.05, 0) is 42.3 Å². The summed E-state index contributed by atoms with van der Waals surface area (Å²) in [7, 11) is 3.33. The Bertz CT molecular complexity index is 1220. The summed E-state index contributed by atoms with van der Waals surface area (Å²) >= 11 is 0. The normalized spacial score (nSPS) is 10.8. The highest BCUT2D eigenvalue weighted by Gasteiger charge is 2.11. The van der Waals surface area contributed by atoms with Gasteiger partial charge in [-0.2, -0.15) is 0 Å². The number of methoxy groups -OCH3 is 1. The Morgan fingerprint density at radius 2 is 1.84 bits per heavy atom. The summed E-state index contributed by atoms with van der Waals surface area (Å²) in [6.45, 7) is 2.14. The predicted molar refractivity (Wildman–Crippen MR) is 120 cm³/mol. The van der Waals surface area contributed by atoms with Crippen LogP contribution in [0.1, 0.15) is 18.2 Å². The molecule has 7 nitrogen and oxygen atoms in total. The van der Waals surface area contributed by atoms with Gasteiger partial charge >= 0.3 is 5.97 Å². The van der Waals surface area contributed by atoms with Crippen molar-refractivity contribution in [3.05, 3.63) is 72.1 Å². The lowest BCUT2D eigenvalue weighted by Crippen LogP contribution is -2.05. The first-order chi connectivity index (χ1) is 15.1. The smallest absolute Gasteiger partial charge is 0.311 e. The van der Waals surface area contributed by atoms with E-state index < -0.39 is 0 Å². The van der Waals surface area contributed by atoms with Crippen LogP contribution in [0.2, 0.25) is 0 Å². The first kappa shape index (κ1) is 20.4. The lowest BCUT2D eigenvalue weighted by Gasteiger charge is -2.07. The number of nitrogens with zero attached hydrogens (tertiary/aromatic N) is 3. The first-order valence-electron chi connectivity index (χ1n) is 10.1. The molecule has 0 unspecified atom stereocenters. The van der Waals surface area contributed by atoms with Crippen LogP contribution >= 0.6 is 0 Å². The molecule has 0 aliphatic rings. The monoisotopic (exact) mass is 416 g/mol. The highest BCUT2D eigenvalue weighted by atomic mass is 16.5. The quantitative estimate of drug-likeness (QED) is 0.437. The third kappa shape index (κ3) is 4.66. The molecule has 0 fully saturated rings. The van der Waals surface area contributed by atoms with E-state index >= 15 is 0 Å². The Kier molecular flexibility index (Phi) is 5.84. The molecule has 2 aromatic carbocycles. The molecule has 0 atom stereocenters. The number of aromatic nitrogens is 3. The van der Waals surface area contributed by atoms with Crippen molar-refractivity contribution < 1.29 is 14.3 Å². The summed E-state index contributed by atoms with van der Waals surface area (Å²) < 4.78 is 12.7. The molecule has 0 aliphatic heterocycles. The summed E-state index contributed by atoms with van der Waals surface area (Å²) in [5, 5.41) is 3.37. The number of ether oxygens (including phenoxy) is 2. The Morgan fingerprint density at radius 3 is 2.58 bits per heavy atom. The zero-order chi connectivity index (χ0) is 21.8.